The summed E-state index contributed by atoms with van der Waals surface area (Å²) in [6, 6.07) is 6.53. The third-order valence-electron chi connectivity index (χ3n) is 8.81. The molecule has 3 aliphatic heterocycles. The monoisotopic (exact) mass is 537 g/mol. The van der Waals surface area contributed by atoms with Gasteiger partial charge in [0.15, 0.2) is 0 Å². The van der Waals surface area contributed by atoms with E-state index in [1.165, 1.54) is 32.4 Å². The zero-order valence-electron chi connectivity index (χ0n) is 21.4. The largest absolute Gasteiger partial charge is 0.441 e. The van der Waals surface area contributed by atoms with Crippen molar-refractivity contribution >= 4 is 27.7 Å². The number of carbonyl (C=O) groups excluding carboxylic acids is 1. The van der Waals surface area contributed by atoms with E-state index in [1.54, 1.807) is 28.6 Å². The predicted octanol–water partition coefficient (Wildman–Crippen LogP) is 5.28. The van der Waals surface area contributed by atoms with E-state index in [9.17, 15) is 13.2 Å². The highest BCUT2D eigenvalue weighted by Gasteiger charge is 2.59. The number of nitrogens with zero attached hydrogens (tertiary/aromatic N) is 3. The highest BCUT2D eigenvalue weighted by atomic mass is 35.5. The standard InChI is InChI=1S/C27H40ClN3O4S/c1-2-22-7-6-8-25(31(22)36(33,34)24-11-9-21(28)10-12-24)27(15-16-27)35-26(32)30-19-13-23(14-20-30)29-17-4-3-5-18-29/h9-12,22-23,25H,2-8,13-20H2,1H3/t22-,25-/m1/s1. The number of rotatable bonds is 6. The Morgan fingerprint density at radius 1 is 0.972 bits per heavy atom. The molecule has 3 saturated heterocycles. The smallest absolute Gasteiger partial charge is 0.410 e. The Hall–Kier alpha value is -1.35. The molecular weight excluding hydrogens is 498 g/mol. The Bertz CT molecular complexity index is 1020. The molecule has 1 aromatic rings. The number of ether oxygens (including phenoxy) is 1. The lowest BCUT2D eigenvalue weighted by molar-refractivity contribution is -0.0144. The second kappa shape index (κ2) is 10.8. The second-order valence-electron chi connectivity index (χ2n) is 11.0. The van der Waals surface area contributed by atoms with Crippen molar-refractivity contribution in [1.82, 2.24) is 14.1 Å². The summed E-state index contributed by atoms with van der Waals surface area (Å²) >= 11 is 6.03. The van der Waals surface area contributed by atoms with Gasteiger partial charge in [-0.3, -0.25) is 0 Å². The number of benzene rings is 1. The SMILES string of the molecule is CC[C@@H]1CCC[C@H](C2(OC(=O)N3CCC(N4CCCCC4)CC3)CC2)N1S(=O)(=O)c1ccc(Cl)cc1. The average Bonchev–Trinajstić information content (AvgIpc) is 3.69. The fourth-order valence-corrected chi connectivity index (χ4v) is 8.72. The van der Waals surface area contributed by atoms with Crippen LogP contribution in [-0.4, -0.2) is 78.5 Å². The number of hydrogen-bond acceptors (Lipinski definition) is 5. The van der Waals surface area contributed by atoms with Gasteiger partial charge in [0, 0.05) is 30.2 Å². The van der Waals surface area contributed by atoms with E-state index in [4.69, 9.17) is 16.3 Å². The molecule has 0 bridgehead atoms. The molecule has 0 radical (unpaired) electrons. The van der Waals surface area contributed by atoms with E-state index in [2.05, 4.69) is 4.90 Å². The van der Waals surface area contributed by atoms with Crippen LogP contribution in [-0.2, 0) is 14.8 Å². The minimum atomic E-state index is -3.75. The van der Waals surface area contributed by atoms with E-state index in [0.717, 1.165) is 44.9 Å². The van der Waals surface area contributed by atoms with Gasteiger partial charge in [0.1, 0.15) is 5.60 Å². The van der Waals surface area contributed by atoms with Crippen molar-refractivity contribution in [2.45, 2.75) is 106 Å². The molecule has 0 unspecified atom stereocenters. The maximum Gasteiger partial charge on any atom is 0.410 e. The van der Waals surface area contributed by atoms with Gasteiger partial charge < -0.3 is 14.5 Å². The van der Waals surface area contributed by atoms with Gasteiger partial charge in [-0.15, -0.1) is 0 Å². The molecule has 1 aliphatic carbocycles. The first-order valence-electron chi connectivity index (χ1n) is 13.8. The molecule has 200 valence electrons. The molecule has 0 spiro atoms. The number of amides is 1. The third-order valence-corrected chi connectivity index (χ3v) is 11.0. The molecule has 0 aromatic heterocycles. The van der Waals surface area contributed by atoms with Crippen LogP contribution < -0.4 is 0 Å². The normalized spacial score (nSPS) is 28.1. The van der Waals surface area contributed by atoms with Crippen LogP contribution in [0.1, 0.15) is 77.6 Å². The Balaban J connectivity index is 1.29. The minimum absolute atomic E-state index is 0.0964. The van der Waals surface area contributed by atoms with Crippen molar-refractivity contribution in [3.63, 3.8) is 0 Å². The summed E-state index contributed by atoms with van der Waals surface area (Å²) in [4.78, 5) is 18.0. The first-order chi connectivity index (χ1) is 17.3. The number of sulfonamides is 1. The molecule has 0 N–H and O–H groups in total. The summed E-state index contributed by atoms with van der Waals surface area (Å²) in [6.07, 6.45) is 10.2. The number of hydrogen-bond donors (Lipinski definition) is 0. The van der Waals surface area contributed by atoms with Crippen molar-refractivity contribution in [3.8, 4) is 0 Å². The Kier molecular flexibility index (Phi) is 7.87. The topological polar surface area (TPSA) is 70.2 Å². The molecule has 1 aromatic carbocycles. The number of halogens is 1. The summed E-state index contributed by atoms with van der Waals surface area (Å²) in [7, 11) is -3.75. The summed E-state index contributed by atoms with van der Waals surface area (Å²) in [5, 5.41) is 0.507. The molecule has 1 amide bonds. The average molecular weight is 538 g/mol. The van der Waals surface area contributed by atoms with E-state index in [1.807, 2.05) is 11.8 Å². The molecule has 3 heterocycles. The highest BCUT2D eigenvalue weighted by molar-refractivity contribution is 7.89. The van der Waals surface area contributed by atoms with Crippen molar-refractivity contribution in [2.24, 2.45) is 0 Å². The maximum atomic E-state index is 13.9. The lowest BCUT2D eigenvalue weighted by Gasteiger charge is -2.45. The number of carbonyl (C=O) groups is 1. The van der Waals surface area contributed by atoms with Gasteiger partial charge in [0.05, 0.1) is 10.9 Å². The molecule has 5 rings (SSSR count). The van der Waals surface area contributed by atoms with Gasteiger partial charge in [-0.05, 0) is 95.1 Å². The fraction of sp³-hybridized carbons (Fsp3) is 0.741. The molecule has 7 nitrogen and oxygen atoms in total. The van der Waals surface area contributed by atoms with Gasteiger partial charge >= 0.3 is 6.09 Å². The maximum absolute atomic E-state index is 13.9. The van der Waals surface area contributed by atoms with E-state index in [0.29, 0.717) is 30.6 Å². The van der Waals surface area contributed by atoms with Crippen LogP contribution in [0.25, 0.3) is 0 Å². The van der Waals surface area contributed by atoms with Gasteiger partial charge in [0.25, 0.3) is 0 Å². The summed E-state index contributed by atoms with van der Waals surface area (Å²) in [5.41, 5.74) is -0.714. The summed E-state index contributed by atoms with van der Waals surface area (Å²) in [5.74, 6) is 0. The van der Waals surface area contributed by atoms with Crippen LogP contribution in [0, 0.1) is 0 Å². The van der Waals surface area contributed by atoms with Crippen LogP contribution >= 0.6 is 11.6 Å². The number of likely N-dealkylation sites (tertiary alicyclic amines) is 2. The van der Waals surface area contributed by atoms with E-state index in [-0.39, 0.29) is 23.1 Å². The van der Waals surface area contributed by atoms with Crippen LogP contribution in [0.15, 0.2) is 29.2 Å². The van der Waals surface area contributed by atoms with Crippen LogP contribution in [0.3, 0.4) is 0 Å². The highest BCUT2D eigenvalue weighted by Crippen LogP contribution is 2.50. The van der Waals surface area contributed by atoms with E-state index < -0.39 is 15.6 Å². The van der Waals surface area contributed by atoms with Crippen molar-refractivity contribution in [2.75, 3.05) is 26.2 Å². The zero-order chi connectivity index (χ0) is 25.3. The van der Waals surface area contributed by atoms with Crippen LogP contribution in [0.4, 0.5) is 4.79 Å². The molecule has 9 heteroatoms. The molecule has 4 aliphatic rings. The molecule has 36 heavy (non-hydrogen) atoms. The van der Waals surface area contributed by atoms with Crippen LogP contribution in [0.5, 0.6) is 0 Å². The minimum Gasteiger partial charge on any atom is -0.441 e. The van der Waals surface area contributed by atoms with Gasteiger partial charge in [0.2, 0.25) is 10.0 Å². The van der Waals surface area contributed by atoms with Crippen molar-refractivity contribution in [1.29, 1.82) is 0 Å². The zero-order valence-corrected chi connectivity index (χ0v) is 23.0. The molecular formula is C27H40ClN3O4S. The lowest BCUT2D eigenvalue weighted by atomic mass is 9.92. The van der Waals surface area contributed by atoms with Gasteiger partial charge in [-0.2, -0.15) is 4.31 Å². The van der Waals surface area contributed by atoms with Crippen molar-refractivity contribution < 1.29 is 17.9 Å². The molecule has 4 fully saturated rings. The first-order valence-corrected chi connectivity index (χ1v) is 15.7. The first kappa shape index (κ1) is 26.3. The van der Waals surface area contributed by atoms with Gasteiger partial charge in [-0.25, -0.2) is 13.2 Å². The Morgan fingerprint density at radius 2 is 1.64 bits per heavy atom. The third kappa shape index (κ3) is 5.29. The fourth-order valence-electron chi connectivity index (χ4n) is 6.59. The van der Waals surface area contributed by atoms with Gasteiger partial charge in [-0.1, -0.05) is 31.4 Å². The Morgan fingerprint density at radius 3 is 2.25 bits per heavy atom. The Labute approximate surface area is 221 Å². The summed E-state index contributed by atoms with van der Waals surface area (Å²) in [6.45, 7) is 5.82. The molecule has 2 atom stereocenters. The predicted molar refractivity (Wildman–Crippen MR) is 141 cm³/mol. The molecule has 1 saturated carbocycles. The lowest BCUT2D eigenvalue weighted by Crippen LogP contribution is -2.57. The van der Waals surface area contributed by atoms with Crippen LogP contribution in [0.2, 0.25) is 5.02 Å². The summed E-state index contributed by atoms with van der Waals surface area (Å²) < 4.78 is 35.6. The quantitative estimate of drug-likeness (QED) is 0.493. The van der Waals surface area contributed by atoms with E-state index >= 15 is 0 Å². The second-order valence-corrected chi connectivity index (χ2v) is 13.3. The number of piperidine rings is 3. The van der Waals surface area contributed by atoms with Crippen molar-refractivity contribution in [3.05, 3.63) is 29.3 Å².